The fourth-order valence-electron chi connectivity index (χ4n) is 3.54. The highest BCUT2D eigenvalue weighted by atomic mass is 79.9. The van der Waals surface area contributed by atoms with E-state index in [4.69, 9.17) is 25.9 Å². The van der Waals surface area contributed by atoms with E-state index in [-0.39, 0.29) is 34.4 Å². The van der Waals surface area contributed by atoms with Crippen molar-refractivity contribution in [2.45, 2.75) is 37.7 Å². The third-order valence-electron chi connectivity index (χ3n) is 5.30. The zero-order valence-electron chi connectivity index (χ0n) is 15.4. The first-order chi connectivity index (χ1) is 13.7. The summed E-state index contributed by atoms with van der Waals surface area (Å²) in [4.78, 5) is 23.7. The number of rotatable bonds is 4. The Labute approximate surface area is 179 Å². The number of allylic oxidation sites excluding steroid dienone is 1. The van der Waals surface area contributed by atoms with E-state index in [2.05, 4.69) is 15.9 Å². The molecule has 4 rings (SSSR count). The number of aliphatic carboxylic acids is 1. The number of aryl methyl sites for hydroxylation is 1. The van der Waals surface area contributed by atoms with Crippen molar-refractivity contribution < 1.29 is 24.2 Å². The highest BCUT2D eigenvalue weighted by Gasteiger charge is 2.36. The van der Waals surface area contributed by atoms with Gasteiger partial charge in [-0.1, -0.05) is 15.9 Å². The summed E-state index contributed by atoms with van der Waals surface area (Å²) in [6.45, 7) is 1.90. The molecule has 29 heavy (non-hydrogen) atoms. The van der Waals surface area contributed by atoms with Gasteiger partial charge in [0.15, 0.2) is 5.43 Å². The Balaban J connectivity index is 1.75. The zero-order chi connectivity index (χ0) is 20.9. The third-order valence-corrected chi connectivity index (χ3v) is 6.53. The molecule has 1 heterocycles. The summed E-state index contributed by atoms with van der Waals surface area (Å²) in [5.74, 6) is -0.345. The van der Waals surface area contributed by atoms with Gasteiger partial charge in [0.2, 0.25) is 0 Å². The van der Waals surface area contributed by atoms with Gasteiger partial charge in [0, 0.05) is 10.5 Å². The highest BCUT2D eigenvalue weighted by molar-refractivity contribution is 9.10. The number of hydrogen-bond acceptors (Lipinski definition) is 5. The fourth-order valence-corrected chi connectivity index (χ4v) is 4.10. The van der Waals surface area contributed by atoms with Crippen molar-refractivity contribution in [3.63, 3.8) is 0 Å². The molecule has 0 spiro atoms. The Morgan fingerprint density at radius 2 is 2.03 bits per heavy atom. The van der Waals surface area contributed by atoms with Crippen LogP contribution in [-0.4, -0.2) is 22.3 Å². The lowest BCUT2D eigenvalue weighted by molar-refractivity contribution is -0.147. The molecule has 2 N–H and O–H groups in total. The quantitative estimate of drug-likeness (QED) is 0.583. The van der Waals surface area contributed by atoms with Gasteiger partial charge in [-0.05, 0) is 50.0 Å². The van der Waals surface area contributed by atoms with Crippen LogP contribution in [0.2, 0.25) is 0 Å². The minimum atomic E-state index is -0.822. The Morgan fingerprint density at radius 1 is 1.31 bits per heavy atom. The van der Waals surface area contributed by atoms with Gasteiger partial charge in [0.25, 0.3) is 0 Å². The molecule has 1 aromatic heterocycles. The van der Waals surface area contributed by atoms with E-state index in [1.54, 1.807) is 6.07 Å². The largest absolute Gasteiger partial charge is 0.507 e. The highest BCUT2D eigenvalue weighted by Crippen LogP contribution is 2.41. The second-order valence-electron chi connectivity index (χ2n) is 7.35. The molecule has 1 atom stereocenters. The summed E-state index contributed by atoms with van der Waals surface area (Å²) in [6.07, 6.45) is 2.49. The van der Waals surface area contributed by atoms with Crippen molar-refractivity contribution in [2.75, 3.05) is 0 Å². The summed E-state index contributed by atoms with van der Waals surface area (Å²) < 4.78 is 12.8. The lowest BCUT2D eigenvalue weighted by Crippen LogP contribution is -2.38. The monoisotopic (exact) mass is 480 g/mol. The molecule has 6 nitrogen and oxygen atoms in total. The van der Waals surface area contributed by atoms with Crippen molar-refractivity contribution in [3.8, 4) is 17.1 Å². The van der Waals surface area contributed by atoms with Crippen LogP contribution in [0.25, 0.3) is 17.1 Å². The second kappa shape index (κ2) is 7.54. The Bertz CT molecular complexity index is 1080. The maximum Gasteiger partial charge on any atom is 0.306 e. The molecule has 1 fully saturated rings. The van der Waals surface area contributed by atoms with Crippen LogP contribution in [0.4, 0.5) is 0 Å². The molecule has 0 bridgehead atoms. The smallest absolute Gasteiger partial charge is 0.306 e. The minimum Gasteiger partial charge on any atom is -0.507 e. The fraction of sp³-hybridized carbons (Fsp3) is 0.333. The molecule has 1 aromatic carbocycles. The summed E-state index contributed by atoms with van der Waals surface area (Å²) in [5.41, 5.74) is 1.18. The topological polar surface area (TPSA) is 97.0 Å². The second-order valence-corrected chi connectivity index (χ2v) is 8.73. The number of ether oxygens (including phenoxy) is 1. The number of carbonyl (C=O) groups is 1. The van der Waals surface area contributed by atoms with E-state index < -0.39 is 17.3 Å². The predicted octanol–water partition coefficient (Wildman–Crippen LogP) is 5.20. The number of carboxylic acids is 1. The van der Waals surface area contributed by atoms with Crippen LogP contribution in [0.3, 0.4) is 0 Å². The standard InChI is InChI=1S/C21H18BrClO6/c1-9-4-12(17(7-13(9)22)28-11-5-10(6-11)21(26)27)18-8-16(25)19-15(24)3-2-14(23)20(19)29-18/h3-4,7-8,10-11,14,24H,2,5-6H2,1H3,(H,26,27). The minimum absolute atomic E-state index is 0.0830. The number of benzene rings is 1. The number of aliphatic hydroxyl groups is 1. The maximum atomic E-state index is 12.6. The number of fused-ring (bicyclic) bond motifs is 1. The number of hydrogen-bond donors (Lipinski definition) is 2. The molecule has 0 saturated heterocycles. The molecule has 152 valence electrons. The van der Waals surface area contributed by atoms with Crippen LogP contribution in [-0.2, 0) is 4.79 Å². The Kier molecular flexibility index (Phi) is 5.21. The van der Waals surface area contributed by atoms with Crippen LogP contribution in [0.5, 0.6) is 5.75 Å². The van der Waals surface area contributed by atoms with Gasteiger partial charge in [-0.25, -0.2) is 0 Å². The summed E-state index contributed by atoms with van der Waals surface area (Å²) in [6, 6.07) is 4.93. The molecule has 0 amide bonds. The lowest BCUT2D eigenvalue weighted by Gasteiger charge is -2.33. The van der Waals surface area contributed by atoms with Gasteiger partial charge < -0.3 is 19.4 Å². The van der Waals surface area contributed by atoms with E-state index in [0.717, 1.165) is 10.0 Å². The van der Waals surface area contributed by atoms with Gasteiger partial charge in [-0.3, -0.25) is 9.59 Å². The number of aliphatic hydroxyl groups excluding tert-OH is 1. The third kappa shape index (κ3) is 3.69. The van der Waals surface area contributed by atoms with Crippen LogP contribution in [0.15, 0.2) is 38.0 Å². The predicted molar refractivity (Wildman–Crippen MR) is 111 cm³/mol. The van der Waals surface area contributed by atoms with Gasteiger partial charge in [-0.15, -0.1) is 11.6 Å². The molecular formula is C21H18BrClO6. The van der Waals surface area contributed by atoms with E-state index in [1.807, 2.05) is 13.0 Å². The molecular weight excluding hydrogens is 464 g/mol. The average Bonchev–Trinajstić information content (AvgIpc) is 2.62. The maximum absolute atomic E-state index is 12.6. The van der Waals surface area contributed by atoms with E-state index in [0.29, 0.717) is 30.6 Å². The van der Waals surface area contributed by atoms with Crippen LogP contribution < -0.4 is 10.2 Å². The number of carboxylic acid groups (broad SMARTS) is 1. The average molecular weight is 482 g/mol. The first kappa shape index (κ1) is 20.0. The summed E-state index contributed by atoms with van der Waals surface area (Å²) in [7, 11) is 0. The van der Waals surface area contributed by atoms with Gasteiger partial charge in [0.1, 0.15) is 34.7 Å². The molecule has 2 aliphatic carbocycles. The Morgan fingerprint density at radius 3 is 2.72 bits per heavy atom. The Hall–Kier alpha value is -2.25. The number of alkyl halides is 1. The lowest BCUT2D eigenvalue weighted by atomic mass is 9.82. The molecule has 2 aliphatic rings. The van der Waals surface area contributed by atoms with E-state index in [1.165, 1.54) is 12.1 Å². The van der Waals surface area contributed by atoms with Crippen molar-refractivity contribution in [1.82, 2.24) is 0 Å². The molecule has 0 radical (unpaired) electrons. The number of halogens is 2. The summed E-state index contributed by atoms with van der Waals surface area (Å²) in [5, 5.41) is 18.6. The van der Waals surface area contributed by atoms with Crippen LogP contribution >= 0.6 is 27.5 Å². The van der Waals surface area contributed by atoms with Gasteiger partial charge >= 0.3 is 5.97 Å². The molecule has 0 aliphatic heterocycles. The zero-order valence-corrected chi connectivity index (χ0v) is 17.8. The normalized spacial score (nSPS) is 23.0. The van der Waals surface area contributed by atoms with Crippen LogP contribution in [0, 0.1) is 12.8 Å². The van der Waals surface area contributed by atoms with E-state index >= 15 is 0 Å². The summed E-state index contributed by atoms with van der Waals surface area (Å²) >= 11 is 9.80. The van der Waals surface area contributed by atoms with Crippen molar-refractivity contribution in [2.24, 2.45) is 5.92 Å². The first-order valence-corrected chi connectivity index (χ1v) is 10.4. The van der Waals surface area contributed by atoms with Gasteiger partial charge in [-0.2, -0.15) is 0 Å². The van der Waals surface area contributed by atoms with Crippen molar-refractivity contribution in [3.05, 3.63) is 55.9 Å². The van der Waals surface area contributed by atoms with Crippen molar-refractivity contribution >= 4 is 39.3 Å². The molecule has 1 saturated carbocycles. The SMILES string of the molecule is Cc1cc(-c2cc(=O)c3c(o2)C(Cl)CC=C3O)c(OC2CC(C(=O)O)C2)cc1Br. The molecule has 8 heteroatoms. The van der Waals surface area contributed by atoms with E-state index in [9.17, 15) is 14.7 Å². The van der Waals surface area contributed by atoms with Crippen LogP contribution in [0.1, 0.15) is 41.5 Å². The first-order valence-electron chi connectivity index (χ1n) is 9.16. The molecule has 1 unspecified atom stereocenters. The van der Waals surface area contributed by atoms with Crippen molar-refractivity contribution in [1.29, 1.82) is 0 Å². The molecule has 2 aromatic rings. The van der Waals surface area contributed by atoms with Gasteiger partial charge in [0.05, 0.1) is 16.9 Å².